The molecule has 0 atom stereocenters. The molecule has 0 bridgehead atoms. The summed E-state index contributed by atoms with van der Waals surface area (Å²) < 4.78 is 11.0. The lowest BCUT2D eigenvalue weighted by molar-refractivity contribution is -0.104. The van der Waals surface area contributed by atoms with Crippen molar-refractivity contribution in [3.05, 3.63) is 66.9 Å². The van der Waals surface area contributed by atoms with Gasteiger partial charge in [0.15, 0.2) is 0 Å². The lowest BCUT2D eigenvalue weighted by Gasteiger charge is -2.30. The predicted molar refractivity (Wildman–Crippen MR) is 130 cm³/mol. The van der Waals surface area contributed by atoms with Gasteiger partial charge in [-0.1, -0.05) is 18.7 Å². The van der Waals surface area contributed by atoms with Crippen LogP contribution in [0.25, 0.3) is 11.3 Å². The molecule has 0 amide bonds. The number of aldehydes is 1. The molecule has 0 spiro atoms. The van der Waals surface area contributed by atoms with E-state index in [2.05, 4.69) is 32.1 Å². The van der Waals surface area contributed by atoms with Gasteiger partial charge in [-0.05, 0) is 36.4 Å². The first-order valence-corrected chi connectivity index (χ1v) is 10.7. The normalized spacial score (nSPS) is 13.3. The summed E-state index contributed by atoms with van der Waals surface area (Å²) in [6, 6.07) is 15.6. The van der Waals surface area contributed by atoms with Crippen LogP contribution < -0.4 is 20.3 Å². The van der Waals surface area contributed by atoms with Crippen LogP contribution in [0.2, 0.25) is 0 Å². The fraction of sp³-hybridized carbons (Fsp3) is 0.240. The maximum absolute atomic E-state index is 10.8. The van der Waals surface area contributed by atoms with Gasteiger partial charge in [0.05, 0.1) is 31.7 Å². The van der Waals surface area contributed by atoms with Crippen molar-refractivity contribution in [1.82, 2.24) is 9.97 Å². The van der Waals surface area contributed by atoms with Gasteiger partial charge in [0.1, 0.15) is 12.0 Å². The molecule has 8 nitrogen and oxygen atoms in total. The van der Waals surface area contributed by atoms with Crippen LogP contribution in [0.5, 0.6) is 5.75 Å². The Morgan fingerprint density at radius 1 is 1.18 bits per heavy atom. The second-order valence-corrected chi connectivity index (χ2v) is 7.59. The van der Waals surface area contributed by atoms with Crippen molar-refractivity contribution in [1.29, 1.82) is 0 Å². The molecular weight excluding hydrogens is 418 g/mol. The summed E-state index contributed by atoms with van der Waals surface area (Å²) in [5.74, 6) is 1.32. The summed E-state index contributed by atoms with van der Waals surface area (Å²) in [6.45, 7) is 7.11. The quantitative estimate of drug-likeness (QED) is 0.379. The fourth-order valence-electron chi connectivity index (χ4n) is 3.57. The maximum atomic E-state index is 10.8. The number of ether oxygens (including phenoxy) is 2. The number of nitrogens with zero attached hydrogens (tertiary/aromatic N) is 3. The Kier molecular flexibility index (Phi) is 7.16. The van der Waals surface area contributed by atoms with Crippen molar-refractivity contribution in [2.24, 2.45) is 0 Å². The lowest BCUT2D eigenvalue weighted by atomic mass is 10.1. The average molecular weight is 446 g/mol. The van der Waals surface area contributed by atoms with Crippen LogP contribution >= 0.6 is 0 Å². The second kappa shape index (κ2) is 10.6. The van der Waals surface area contributed by atoms with Crippen molar-refractivity contribution in [3.8, 4) is 17.0 Å². The molecule has 2 aromatic carbocycles. The van der Waals surface area contributed by atoms with Crippen molar-refractivity contribution < 1.29 is 14.3 Å². The largest absolute Gasteiger partial charge is 0.495 e. The Morgan fingerprint density at radius 2 is 2.03 bits per heavy atom. The van der Waals surface area contributed by atoms with Crippen LogP contribution in [-0.4, -0.2) is 56.2 Å². The minimum atomic E-state index is 0.395. The van der Waals surface area contributed by atoms with Gasteiger partial charge < -0.3 is 25.0 Å². The first-order chi connectivity index (χ1) is 16.2. The van der Waals surface area contributed by atoms with Crippen molar-refractivity contribution in [2.45, 2.75) is 0 Å². The topological polar surface area (TPSA) is 88.6 Å². The highest BCUT2D eigenvalue weighted by Crippen LogP contribution is 2.33. The molecule has 2 N–H and O–H groups in total. The van der Waals surface area contributed by atoms with Crippen LogP contribution in [0.15, 0.2) is 66.9 Å². The highest BCUT2D eigenvalue weighted by Gasteiger charge is 2.16. The molecular formula is C25H27N5O3. The van der Waals surface area contributed by atoms with E-state index in [1.807, 2.05) is 48.5 Å². The molecule has 3 aromatic rings. The number of morpholine rings is 1. The number of carbonyl (C=O) groups is 1. The summed E-state index contributed by atoms with van der Waals surface area (Å²) in [5, 5.41) is 6.50. The average Bonchev–Trinajstić information content (AvgIpc) is 2.88. The number of anilines is 4. The molecule has 0 aliphatic carbocycles. The molecule has 1 saturated heterocycles. The first-order valence-electron chi connectivity index (χ1n) is 10.7. The highest BCUT2D eigenvalue weighted by molar-refractivity contribution is 5.74. The molecule has 1 fully saturated rings. The van der Waals surface area contributed by atoms with E-state index in [0.717, 1.165) is 53.4 Å². The van der Waals surface area contributed by atoms with Crippen LogP contribution in [0.3, 0.4) is 0 Å². The van der Waals surface area contributed by atoms with Crippen LogP contribution in [0, 0.1) is 0 Å². The fourth-order valence-corrected chi connectivity index (χ4v) is 3.57. The lowest BCUT2D eigenvalue weighted by Crippen LogP contribution is -2.36. The van der Waals surface area contributed by atoms with Gasteiger partial charge in [-0.2, -0.15) is 0 Å². The van der Waals surface area contributed by atoms with E-state index >= 15 is 0 Å². The zero-order chi connectivity index (χ0) is 23.0. The van der Waals surface area contributed by atoms with Gasteiger partial charge in [0.25, 0.3) is 0 Å². The number of aromatic nitrogens is 2. The highest BCUT2D eigenvalue weighted by atomic mass is 16.5. The number of hydrogen-bond acceptors (Lipinski definition) is 8. The molecule has 0 saturated carbocycles. The third kappa shape index (κ3) is 5.67. The molecule has 1 aliphatic rings. The van der Waals surface area contributed by atoms with E-state index in [-0.39, 0.29) is 0 Å². The second-order valence-electron chi connectivity index (χ2n) is 7.59. The van der Waals surface area contributed by atoms with E-state index < -0.39 is 0 Å². The zero-order valence-corrected chi connectivity index (χ0v) is 18.6. The number of rotatable bonds is 9. The Balaban J connectivity index is 1.53. The van der Waals surface area contributed by atoms with Crippen molar-refractivity contribution >= 4 is 29.3 Å². The molecule has 170 valence electrons. The molecule has 1 aromatic heterocycles. The van der Waals surface area contributed by atoms with Gasteiger partial charge in [-0.15, -0.1) is 0 Å². The predicted octanol–water partition coefficient (Wildman–Crippen LogP) is 3.90. The third-order valence-corrected chi connectivity index (χ3v) is 5.29. The minimum Gasteiger partial charge on any atom is -0.495 e. The molecule has 4 rings (SSSR count). The van der Waals surface area contributed by atoms with Gasteiger partial charge in [-0.3, -0.25) is 4.79 Å². The standard InChI is InChI=1S/C25H27N5O3/c1-18(17-31)16-27-20-5-3-4-19(14-20)22-8-9-26-25(29-22)28-21-6-7-24(32-2)23(15-21)30-10-12-33-13-11-30/h3-9,14-15,17,27H,1,10-13,16H2,2H3,(H,26,28,29). The third-order valence-electron chi connectivity index (χ3n) is 5.29. The SMILES string of the molecule is C=C(C=O)CNc1cccc(-c2ccnc(Nc3ccc(OC)c(N4CCOCC4)c3)n2)c1. The minimum absolute atomic E-state index is 0.395. The van der Waals surface area contributed by atoms with Crippen molar-refractivity contribution in [3.63, 3.8) is 0 Å². The Morgan fingerprint density at radius 3 is 2.82 bits per heavy atom. The first kappa shape index (κ1) is 22.3. The van der Waals surface area contributed by atoms with Gasteiger partial charge in [0, 0.05) is 48.3 Å². The van der Waals surface area contributed by atoms with E-state index in [9.17, 15) is 4.79 Å². The van der Waals surface area contributed by atoms with Crippen LogP contribution in [0.1, 0.15) is 0 Å². The molecule has 0 radical (unpaired) electrons. The zero-order valence-electron chi connectivity index (χ0n) is 18.6. The number of hydrogen-bond donors (Lipinski definition) is 2. The number of nitrogens with one attached hydrogen (secondary N) is 2. The van der Waals surface area contributed by atoms with E-state index in [0.29, 0.717) is 31.3 Å². The van der Waals surface area contributed by atoms with Crippen LogP contribution in [0.4, 0.5) is 23.0 Å². The Bertz CT molecular complexity index is 1130. The Hall–Kier alpha value is -3.91. The van der Waals surface area contributed by atoms with Gasteiger partial charge >= 0.3 is 0 Å². The number of benzene rings is 2. The summed E-state index contributed by atoms with van der Waals surface area (Å²) >= 11 is 0. The maximum Gasteiger partial charge on any atom is 0.227 e. The summed E-state index contributed by atoms with van der Waals surface area (Å²) in [7, 11) is 1.68. The van der Waals surface area contributed by atoms with Gasteiger partial charge in [-0.25, -0.2) is 9.97 Å². The van der Waals surface area contributed by atoms with E-state index in [1.165, 1.54) is 0 Å². The van der Waals surface area contributed by atoms with Gasteiger partial charge in [0.2, 0.25) is 5.95 Å². The summed E-state index contributed by atoms with van der Waals surface area (Å²) in [4.78, 5) is 22.1. The molecule has 33 heavy (non-hydrogen) atoms. The molecule has 8 heteroatoms. The monoisotopic (exact) mass is 445 g/mol. The molecule has 1 aliphatic heterocycles. The number of carbonyl (C=O) groups excluding carboxylic acids is 1. The number of methoxy groups -OCH3 is 1. The van der Waals surface area contributed by atoms with Crippen molar-refractivity contribution in [2.75, 3.05) is 55.5 Å². The van der Waals surface area contributed by atoms with E-state index in [4.69, 9.17) is 9.47 Å². The summed E-state index contributed by atoms with van der Waals surface area (Å²) in [6.07, 6.45) is 2.48. The Labute approximate surface area is 193 Å². The smallest absolute Gasteiger partial charge is 0.227 e. The summed E-state index contributed by atoms with van der Waals surface area (Å²) in [5.41, 5.74) is 4.98. The van der Waals surface area contributed by atoms with E-state index in [1.54, 1.807) is 13.3 Å². The molecule has 2 heterocycles. The molecule has 0 unspecified atom stereocenters. The van der Waals surface area contributed by atoms with Crippen LogP contribution in [-0.2, 0) is 9.53 Å².